The van der Waals surface area contributed by atoms with Crippen molar-refractivity contribution in [1.29, 1.82) is 0 Å². The molecule has 0 aliphatic carbocycles. The van der Waals surface area contributed by atoms with Gasteiger partial charge in [-0.1, -0.05) is 24.3 Å². The van der Waals surface area contributed by atoms with E-state index in [1.165, 1.54) is 0 Å². The van der Waals surface area contributed by atoms with Crippen LogP contribution in [-0.4, -0.2) is 4.98 Å². The fourth-order valence-electron chi connectivity index (χ4n) is 1.39. The van der Waals surface area contributed by atoms with Crippen LogP contribution in [0, 0.1) is 0 Å². The molecule has 2 rings (SSSR count). The number of rotatable bonds is 4. The van der Waals surface area contributed by atoms with Gasteiger partial charge in [-0.05, 0) is 17.2 Å². The Morgan fingerprint density at radius 1 is 1.24 bits per heavy atom. The van der Waals surface area contributed by atoms with Crippen LogP contribution in [-0.2, 0) is 12.4 Å². The van der Waals surface area contributed by atoms with Crippen molar-refractivity contribution in [2.45, 2.75) is 12.4 Å². The molecule has 17 heavy (non-hydrogen) atoms. The van der Waals surface area contributed by atoms with Crippen molar-refractivity contribution in [2.24, 2.45) is 5.73 Å². The topological polar surface area (TPSA) is 52.0 Å². The molecule has 1 aromatic carbocycles. The van der Waals surface area contributed by atoms with Crippen molar-refractivity contribution in [2.75, 3.05) is 0 Å². The Morgan fingerprint density at radius 2 is 2.00 bits per heavy atom. The van der Waals surface area contributed by atoms with E-state index in [2.05, 4.69) is 4.98 Å². The van der Waals surface area contributed by atoms with E-state index >= 15 is 0 Å². The quantitative estimate of drug-likeness (QED) is 0.846. The average molecular weight is 249 g/mol. The lowest BCUT2D eigenvalue weighted by Gasteiger charge is -1.96. The maximum Gasteiger partial charge on any atom is 0.218 e. The summed E-state index contributed by atoms with van der Waals surface area (Å²) < 4.78 is 5.22. The van der Waals surface area contributed by atoms with E-state index < -0.39 is 0 Å². The zero-order valence-electron chi connectivity index (χ0n) is 9.27. The fourth-order valence-corrected chi connectivity index (χ4v) is 1.52. The minimum Gasteiger partial charge on any atom is -0.445 e. The van der Waals surface area contributed by atoms with Gasteiger partial charge >= 0.3 is 0 Å². The summed E-state index contributed by atoms with van der Waals surface area (Å²) in [6.45, 7) is 0.558. The molecule has 0 fully saturated rings. The molecule has 88 valence electrons. The highest BCUT2D eigenvalue weighted by atomic mass is 35.5. The summed E-state index contributed by atoms with van der Waals surface area (Å²) >= 11 is 5.63. The Hall–Kier alpha value is -1.58. The molecule has 2 N–H and O–H groups in total. The van der Waals surface area contributed by atoms with Crippen LogP contribution in [0.3, 0.4) is 0 Å². The Morgan fingerprint density at radius 3 is 2.59 bits per heavy atom. The predicted molar refractivity (Wildman–Crippen MR) is 69.3 cm³/mol. The van der Waals surface area contributed by atoms with Crippen molar-refractivity contribution in [3.8, 4) is 0 Å². The summed E-state index contributed by atoms with van der Waals surface area (Å²) in [5.74, 6) is 0.922. The number of nitrogens with two attached hydrogens (primary N) is 1. The maximum absolute atomic E-state index is 5.63. The van der Waals surface area contributed by atoms with Crippen molar-refractivity contribution in [1.82, 2.24) is 4.98 Å². The second-order valence-electron chi connectivity index (χ2n) is 3.59. The third-order valence-electron chi connectivity index (χ3n) is 2.34. The maximum atomic E-state index is 5.63. The molecule has 0 amide bonds. The molecule has 0 aliphatic heterocycles. The molecule has 1 heterocycles. The number of oxazole rings is 1. The van der Waals surface area contributed by atoms with Crippen molar-refractivity contribution >= 4 is 23.8 Å². The Labute approximate surface area is 105 Å². The lowest BCUT2D eigenvalue weighted by molar-refractivity contribution is 0.546. The van der Waals surface area contributed by atoms with E-state index in [1.54, 1.807) is 6.26 Å². The molecule has 0 spiro atoms. The van der Waals surface area contributed by atoms with Crippen LogP contribution < -0.4 is 5.73 Å². The van der Waals surface area contributed by atoms with E-state index in [1.807, 2.05) is 36.4 Å². The molecular weight excluding hydrogens is 236 g/mol. The SMILES string of the molecule is NCc1ccc(/C=C/c2nc(CCl)co2)cc1. The molecule has 0 saturated heterocycles. The lowest BCUT2D eigenvalue weighted by atomic mass is 10.1. The standard InChI is InChI=1S/C13H13ClN2O/c14-7-12-9-17-13(16-12)6-5-10-1-3-11(8-15)4-2-10/h1-6,9H,7-8,15H2/b6-5+. The zero-order chi connectivity index (χ0) is 12.1. The van der Waals surface area contributed by atoms with E-state index in [0.29, 0.717) is 18.3 Å². The van der Waals surface area contributed by atoms with Crippen molar-refractivity contribution in [3.63, 3.8) is 0 Å². The van der Waals surface area contributed by atoms with Gasteiger partial charge in [0.05, 0.1) is 11.6 Å². The normalized spacial score (nSPS) is 11.2. The summed E-state index contributed by atoms with van der Waals surface area (Å²) in [7, 11) is 0. The van der Waals surface area contributed by atoms with Gasteiger partial charge in [0.25, 0.3) is 0 Å². The molecule has 0 atom stereocenters. The van der Waals surface area contributed by atoms with Gasteiger partial charge in [0.2, 0.25) is 5.89 Å². The van der Waals surface area contributed by atoms with Gasteiger partial charge in [-0.15, -0.1) is 11.6 Å². The minimum atomic E-state index is 0.364. The minimum absolute atomic E-state index is 0.364. The van der Waals surface area contributed by atoms with Crippen LogP contribution in [0.5, 0.6) is 0 Å². The average Bonchev–Trinajstić information content (AvgIpc) is 2.85. The first-order chi connectivity index (χ1) is 8.31. The number of aromatic nitrogens is 1. The number of hydrogen-bond acceptors (Lipinski definition) is 3. The first-order valence-corrected chi connectivity index (χ1v) is 5.82. The highest BCUT2D eigenvalue weighted by molar-refractivity contribution is 6.16. The number of hydrogen-bond donors (Lipinski definition) is 1. The molecule has 0 aliphatic rings. The van der Waals surface area contributed by atoms with Crippen LogP contribution in [0.25, 0.3) is 12.2 Å². The first kappa shape index (κ1) is 11.9. The van der Waals surface area contributed by atoms with Gasteiger partial charge in [-0.3, -0.25) is 0 Å². The highest BCUT2D eigenvalue weighted by Gasteiger charge is 1.98. The molecular formula is C13H13ClN2O. The van der Waals surface area contributed by atoms with Crippen LogP contribution in [0.2, 0.25) is 0 Å². The second-order valence-corrected chi connectivity index (χ2v) is 3.86. The monoisotopic (exact) mass is 248 g/mol. The first-order valence-electron chi connectivity index (χ1n) is 5.29. The fraction of sp³-hybridized carbons (Fsp3) is 0.154. The number of benzene rings is 1. The van der Waals surface area contributed by atoms with Crippen LogP contribution in [0.4, 0.5) is 0 Å². The summed E-state index contributed by atoms with van der Waals surface area (Å²) in [5, 5.41) is 0. The van der Waals surface area contributed by atoms with Crippen molar-refractivity contribution in [3.05, 3.63) is 53.2 Å². The molecule has 1 aromatic heterocycles. The molecule has 4 heteroatoms. The third kappa shape index (κ3) is 3.19. The molecule has 0 radical (unpaired) electrons. The number of nitrogens with zero attached hydrogens (tertiary/aromatic N) is 1. The predicted octanol–water partition coefficient (Wildman–Crippen LogP) is 3.04. The molecule has 0 unspecified atom stereocenters. The Balaban J connectivity index is 2.08. The summed E-state index contributed by atoms with van der Waals surface area (Å²) in [5.41, 5.74) is 8.46. The van der Waals surface area contributed by atoms with Gasteiger partial charge in [0, 0.05) is 12.6 Å². The second kappa shape index (κ2) is 5.66. The summed E-state index contributed by atoms with van der Waals surface area (Å²) in [4.78, 5) is 4.17. The summed E-state index contributed by atoms with van der Waals surface area (Å²) in [6.07, 6.45) is 5.31. The number of alkyl halides is 1. The van der Waals surface area contributed by atoms with Gasteiger partial charge in [-0.25, -0.2) is 4.98 Å². The van der Waals surface area contributed by atoms with Gasteiger partial charge < -0.3 is 10.2 Å². The van der Waals surface area contributed by atoms with E-state index in [9.17, 15) is 0 Å². The van der Waals surface area contributed by atoms with Crippen LogP contribution in [0.1, 0.15) is 22.7 Å². The highest BCUT2D eigenvalue weighted by Crippen LogP contribution is 2.10. The Bertz CT molecular complexity index is 502. The van der Waals surface area contributed by atoms with E-state index in [-0.39, 0.29) is 0 Å². The van der Waals surface area contributed by atoms with Crippen LogP contribution >= 0.6 is 11.6 Å². The summed E-state index contributed by atoms with van der Waals surface area (Å²) in [6, 6.07) is 8.01. The number of halogens is 1. The van der Waals surface area contributed by atoms with Gasteiger partial charge in [-0.2, -0.15) is 0 Å². The van der Waals surface area contributed by atoms with Gasteiger partial charge in [0.1, 0.15) is 6.26 Å². The largest absolute Gasteiger partial charge is 0.445 e. The lowest BCUT2D eigenvalue weighted by Crippen LogP contribution is -1.94. The third-order valence-corrected chi connectivity index (χ3v) is 2.61. The van der Waals surface area contributed by atoms with Crippen molar-refractivity contribution < 1.29 is 4.42 Å². The van der Waals surface area contributed by atoms with E-state index in [4.69, 9.17) is 21.8 Å². The van der Waals surface area contributed by atoms with Gasteiger partial charge in [0.15, 0.2) is 0 Å². The van der Waals surface area contributed by atoms with Crippen LogP contribution in [0.15, 0.2) is 34.9 Å². The molecule has 0 bridgehead atoms. The van der Waals surface area contributed by atoms with E-state index in [0.717, 1.165) is 16.8 Å². The molecule has 2 aromatic rings. The molecule has 0 saturated carbocycles. The molecule has 3 nitrogen and oxygen atoms in total. The zero-order valence-corrected chi connectivity index (χ0v) is 10.0. The Kier molecular flexibility index (Phi) is 3.96. The smallest absolute Gasteiger partial charge is 0.218 e.